The number of rotatable bonds is 20. The first-order chi connectivity index (χ1) is 17.5. The van der Waals surface area contributed by atoms with E-state index in [0.717, 1.165) is 51.4 Å². The molecule has 220 valence electrons. The molecule has 0 rings (SSSR count). The molecule has 0 aromatic rings. The number of Topliss-reactive ketones (excluding diaryl/α,β-unsaturated/α-hetero) is 2. The molecule has 0 aliphatic rings. The lowest BCUT2D eigenvalue weighted by atomic mass is 10.1. The van der Waals surface area contributed by atoms with E-state index in [-0.39, 0.29) is 57.1 Å². The van der Waals surface area contributed by atoms with Crippen molar-refractivity contribution in [3.8, 4) is 0 Å². The molecule has 0 spiro atoms. The van der Waals surface area contributed by atoms with Crippen LogP contribution in [0.1, 0.15) is 110 Å². The van der Waals surface area contributed by atoms with Crippen molar-refractivity contribution in [3.05, 3.63) is 0 Å². The van der Waals surface area contributed by atoms with E-state index in [9.17, 15) is 24.0 Å². The molecule has 6 N–H and O–H groups in total. The molecule has 12 nitrogen and oxygen atoms in total. The van der Waals surface area contributed by atoms with E-state index >= 15 is 0 Å². The van der Waals surface area contributed by atoms with Gasteiger partial charge in [-0.15, -0.1) is 0 Å². The number of ketones is 2. The molecule has 0 heterocycles. The molecule has 0 aliphatic carbocycles. The Balaban J connectivity index is -0.000000203. The lowest BCUT2D eigenvalue weighted by Gasteiger charge is -1.97. The predicted octanol–water partition coefficient (Wildman–Crippen LogP) is 3.70. The minimum atomic E-state index is -1.02. The average molecular weight is 541 g/mol. The van der Waals surface area contributed by atoms with Crippen molar-refractivity contribution in [2.24, 2.45) is 0 Å². The molecule has 0 amide bonds. The van der Waals surface area contributed by atoms with Gasteiger partial charge in [-0.25, -0.2) is 4.89 Å². The van der Waals surface area contributed by atoms with Crippen LogP contribution in [0.4, 0.5) is 0 Å². The Bertz CT molecular complexity index is 560. The van der Waals surface area contributed by atoms with Gasteiger partial charge in [0.15, 0.2) is 0 Å². The normalized spacial score (nSPS) is 9.43. The number of unbranched alkanes of at least 4 members (excludes halogenated alkanes) is 5. The van der Waals surface area contributed by atoms with Crippen LogP contribution < -0.4 is 0 Å². The number of carboxylic acids is 3. The van der Waals surface area contributed by atoms with E-state index in [1.165, 1.54) is 0 Å². The quantitative estimate of drug-likeness (QED) is 0.0564. The Labute approximate surface area is 219 Å². The summed E-state index contributed by atoms with van der Waals surface area (Å²) in [5, 5.41) is 48.4. The second-order valence-corrected chi connectivity index (χ2v) is 7.94. The lowest BCUT2D eigenvalue weighted by molar-refractivity contribution is -0.242. The summed E-state index contributed by atoms with van der Waals surface area (Å²) < 4.78 is 0. The standard InChI is InChI=1S/C9H16O3.C8H14O3.C4H8O4.C4H10O2/c1-2-3-4-5-8(10)6-7-9(11)12;1-2-3-4-5-7(9)6-8(10)11;5-4(6)2-1-3-8-7;5-3-1-2-4-6/h2-7H2,1H3,(H,11,12);2-6H2,1H3,(H,10,11);7H,1-3H2,(H,5,6);5-6H,1-4H2. The van der Waals surface area contributed by atoms with Crippen molar-refractivity contribution in [1.82, 2.24) is 0 Å². The van der Waals surface area contributed by atoms with Crippen LogP contribution in [-0.2, 0) is 28.9 Å². The average Bonchev–Trinajstić information content (AvgIpc) is 2.82. The van der Waals surface area contributed by atoms with Gasteiger partial charge in [0, 0.05) is 38.9 Å². The minimum Gasteiger partial charge on any atom is -0.481 e. The zero-order valence-electron chi connectivity index (χ0n) is 22.4. The van der Waals surface area contributed by atoms with Gasteiger partial charge < -0.3 is 25.5 Å². The summed E-state index contributed by atoms with van der Waals surface area (Å²) in [5.41, 5.74) is 0. The van der Waals surface area contributed by atoms with E-state index in [4.69, 9.17) is 30.8 Å². The number of carbonyl (C=O) groups excluding carboxylic acids is 2. The first kappa shape index (κ1) is 41.7. The largest absolute Gasteiger partial charge is 0.481 e. The second kappa shape index (κ2) is 35.8. The Morgan fingerprint density at radius 1 is 0.541 bits per heavy atom. The van der Waals surface area contributed by atoms with Gasteiger partial charge >= 0.3 is 17.9 Å². The molecule has 12 heteroatoms. The molecular weight excluding hydrogens is 492 g/mol. The van der Waals surface area contributed by atoms with Crippen molar-refractivity contribution < 1.29 is 59.7 Å². The van der Waals surface area contributed by atoms with Crippen LogP contribution >= 0.6 is 0 Å². The van der Waals surface area contributed by atoms with Crippen molar-refractivity contribution in [1.29, 1.82) is 0 Å². The van der Waals surface area contributed by atoms with Crippen LogP contribution in [0, 0.1) is 0 Å². The van der Waals surface area contributed by atoms with Gasteiger partial charge in [-0.05, 0) is 32.1 Å². The third-order valence-corrected chi connectivity index (χ3v) is 4.28. The topological polar surface area (TPSA) is 216 Å². The Kier molecular flexibility index (Phi) is 40.3. The zero-order chi connectivity index (χ0) is 29.3. The number of carboxylic acid groups (broad SMARTS) is 3. The molecule has 0 saturated carbocycles. The van der Waals surface area contributed by atoms with E-state index in [1.54, 1.807) is 0 Å². The van der Waals surface area contributed by atoms with E-state index in [2.05, 4.69) is 11.8 Å². The van der Waals surface area contributed by atoms with Gasteiger partial charge in [-0.3, -0.25) is 29.2 Å². The van der Waals surface area contributed by atoms with Crippen LogP contribution in [0.5, 0.6) is 0 Å². The first-order valence-electron chi connectivity index (χ1n) is 12.7. The summed E-state index contributed by atoms with van der Waals surface area (Å²) in [5.74, 6) is -2.87. The van der Waals surface area contributed by atoms with Gasteiger partial charge in [0.25, 0.3) is 0 Å². The number of aliphatic hydroxyl groups excluding tert-OH is 2. The summed E-state index contributed by atoms with van der Waals surface area (Å²) in [6, 6.07) is 0. The molecule has 0 aromatic heterocycles. The number of hydrogen-bond donors (Lipinski definition) is 6. The number of carbonyl (C=O) groups is 5. The summed E-state index contributed by atoms with van der Waals surface area (Å²) in [7, 11) is 0. The Morgan fingerprint density at radius 3 is 1.35 bits per heavy atom. The van der Waals surface area contributed by atoms with Gasteiger partial charge in [-0.1, -0.05) is 39.5 Å². The predicted molar refractivity (Wildman–Crippen MR) is 136 cm³/mol. The fourth-order valence-electron chi connectivity index (χ4n) is 2.28. The molecular formula is C25H48O12. The monoisotopic (exact) mass is 540 g/mol. The van der Waals surface area contributed by atoms with Crippen LogP contribution in [0.25, 0.3) is 0 Å². The highest BCUT2D eigenvalue weighted by atomic mass is 17.1. The van der Waals surface area contributed by atoms with Gasteiger partial charge in [-0.2, -0.15) is 0 Å². The molecule has 0 bridgehead atoms. The fraction of sp³-hybridized carbons (Fsp3) is 0.800. The maximum Gasteiger partial charge on any atom is 0.310 e. The number of aliphatic carboxylic acids is 3. The van der Waals surface area contributed by atoms with Crippen LogP contribution in [0.15, 0.2) is 0 Å². The Hall–Kier alpha value is -2.41. The van der Waals surface area contributed by atoms with Gasteiger partial charge in [0.1, 0.15) is 18.0 Å². The van der Waals surface area contributed by atoms with Gasteiger partial charge in [0.2, 0.25) is 0 Å². The van der Waals surface area contributed by atoms with Crippen molar-refractivity contribution >= 4 is 29.5 Å². The lowest BCUT2D eigenvalue weighted by Crippen LogP contribution is -2.05. The molecule has 0 radical (unpaired) electrons. The van der Waals surface area contributed by atoms with E-state index in [1.807, 2.05) is 6.92 Å². The van der Waals surface area contributed by atoms with E-state index < -0.39 is 17.9 Å². The zero-order valence-corrected chi connectivity index (χ0v) is 22.4. The third-order valence-electron chi connectivity index (χ3n) is 4.28. The highest BCUT2D eigenvalue weighted by Gasteiger charge is 2.06. The smallest absolute Gasteiger partial charge is 0.310 e. The number of hydrogen-bond acceptors (Lipinski definition) is 9. The second-order valence-electron chi connectivity index (χ2n) is 7.94. The maximum absolute atomic E-state index is 11.0. The fourth-order valence-corrected chi connectivity index (χ4v) is 2.28. The van der Waals surface area contributed by atoms with Crippen LogP contribution in [0.2, 0.25) is 0 Å². The first-order valence-corrected chi connectivity index (χ1v) is 12.7. The summed E-state index contributed by atoms with van der Waals surface area (Å²) in [4.78, 5) is 55.2. The molecule has 0 atom stereocenters. The van der Waals surface area contributed by atoms with Gasteiger partial charge in [0.05, 0.1) is 13.0 Å². The van der Waals surface area contributed by atoms with Crippen molar-refractivity contribution in [2.75, 3.05) is 19.8 Å². The third kappa shape index (κ3) is 55.4. The highest BCUT2D eigenvalue weighted by molar-refractivity contribution is 5.94. The number of aliphatic hydroxyl groups is 2. The minimum absolute atomic E-state index is 0.0229. The van der Waals surface area contributed by atoms with E-state index in [0.29, 0.717) is 19.3 Å². The van der Waals surface area contributed by atoms with Crippen molar-refractivity contribution in [3.63, 3.8) is 0 Å². The Morgan fingerprint density at radius 2 is 1.00 bits per heavy atom. The van der Waals surface area contributed by atoms with Crippen LogP contribution in [0.3, 0.4) is 0 Å². The summed E-state index contributed by atoms with van der Waals surface area (Å²) >= 11 is 0. The van der Waals surface area contributed by atoms with Crippen LogP contribution in [-0.4, -0.2) is 80.1 Å². The van der Waals surface area contributed by atoms with Crippen molar-refractivity contribution in [2.45, 2.75) is 110 Å². The molecule has 37 heavy (non-hydrogen) atoms. The molecule has 0 aliphatic heterocycles. The molecule has 0 unspecified atom stereocenters. The SMILES string of the molecule is CCCCCC(=O)CC(=O)O.CCCCCC(=O)CCC(=O)O.O=C(O)CCCOO.OCCCCO. The highest BCUT2D eigenvalue weighted by Crippen LogP contribution is 2.03. The molecule has 0 saturated heterocycles. The maximum atomic E-state index is 11.0. The summed E-state index contributed by atoms with van der Waals surface area (Å²) in [6.45, 7) is 4.59. The summed E-state index contributed by atoms with van der Waals surface area (Å²) in [6.07, 6.45) is 8.57. The molecule has 0 aromatic carbocycles. The molecule has 0 fully saturated rings.